The summed E-state index contributed by atoms with van der Waals surface area (Å²) in [4.78, 5) is 14.3. The van der Waals surface area contributed by atoms with E-state index in [1.807, 2.05) is 19.1 Å². The molecule has 0 spiro atoms. The summed E-state index contributed by atoms with van der Waals surface area (Å²) in [7, 11) is 0. The summed E-state index contributed by atoms with van der Waals surface area (Å²) in [6.07, 6.45) is 1.47. The molecule has 2 aromatic rings. The Kier molecular flexibility index (Phi) is 4.12. The van der Waals surface area contributed by atoms with E-state index in [2.05, 4.69) is 25.0 Å². The minimum absolute atomic E-state index is 0.231. The average molecular weight is 304 g/mol. The quantitative estimate of drug-likeness (QED) is 0.938. The zero-order chi connectivity index (χ0) is 14.7. The molecule has 0 saturated carbocycles. The van der Waals surface area contributed by atoms with Gasteiger partial charge in [0.1, 0.15) is 0 Å². The van der Waals surface area contributed by atoms with Gasteiger partial charge in [-0.15, -0.1) is 0 Å². The van der Waals surface area contributed by atoms with E-state index in [1.54, 1.807) is 0 Å². The average Bonchev–Trinajstić information content (AvgIpc) is 3.04. The van der Waals surface area contributed by atoms with Crippen molar-refractivity contribution in [2.45, 2.75) is 6.92 Å². The number of aryl methyl sites for hydroxylation is 1. The molecule has 1 N–H and O–H groups in total. The van der Waals surface area contributed by atoms with Gasteiger partial charge in [-0.05, 0) is 30.7 Å². The van der Waals surface area contributed by atoms with E-state index < -0.39 is 0 Å². The lowest BCUT2D eigenvalue weighted by molar-refractivity contribution is 0.102. The number of nitrogens with one attached hydrogen (secondary N) is 1. The molecule has 21 heavy (non-hydrogen) atoms. The number of ether oxygens (including phenoxy) is 1. The fourth-order valence-corrected chi connectivity index (χ4v) is 2.67. The summed E-state index contributed by atoms with van der Waals surface area (Å²) < 4.78 is 13.1. The predicted molar refractivity (Wildman–Crippen MR) is 82.1 cm³/mol. The highest BCUT2D eigenvalue weighted by molar-refractivity contribution is 6.99. The van der Waals surface area contributed by atoms with Crippen molar-refractivity contribution >= 4 is 29.0 Å². The third-order valence-corrected chi connectivity index (χ3v) is 3.91. The number of benzene rings is 1. The summed E-state index contributed by atoms with van der Waals surface area (Å²) in [5.41, 5.74) is 3.32. The second-order valence-electron chi connectivity index (χ2n) is 4.85. The Bertz CT molecular complexity index is 624. The van der Waals surface area contributed by atoms with E-state index in [1.165, 1.54) is 6.20 Å². The van der Waals surface area contributed by atoms with Crippen molar-refractivity contribution in [3.63, 3.8) is 0 Å². The standard InChI is InChI=1S/C14H16N4O2S/c1-10-8-11(18-4-6-20-7-5-18)2-3-12(10)16-14(19)13-9-15-21-17-13/h2-3,8-9H,4-7H2,1H3,(H,16,19). The molecule has 6 nitrogen and oxygen atoms in total. The third-order valence-electron chi connectivity index (χ3n) is 3.43. The number of carbonyl (C=O) groups is 1. The molecular formula is C14H16N4O2S. The number of carbonyl (C=O) groups excluding carboxylic acids is 1. The molecule has 0 bridgehead atoms. The summed E-state index contributed by atoms with van der Waals surface area (Å²) in [6.45, 7) is 5.30. The lowest BCUT2D eigenvalue weighted by Gasteiger charge is -2.29. The number of morpholine rings is 1. The maximum absolute atomic E-state index is 12.0. The van der Waals surface area contributed by atoms with E-state index in [4.69, 9.17) is 4.74 Å². The summed E-state index contributed by atoms with van der Waals surface area (Å²) in [5.74, 6) is -0.231. The van der Waals surface area contributed by atoms with E-state index in [9.17, 15) is 4.79 Å². The molecule has 0 atom stereocenters. The van der Waals surface area contributed by atoms with E-state index in [0.29, 0.717) is 5.69 Å². The maximum Gasteiger partial charge on any atom is 0.277 e. The molecule has 110 valence electrons. The van der Waals surface area contributed by atoms with Gasteiger partial charge in [-0.1, -0.05) is 0 Å². The molecule has 1 aliphatic rings. The van der Waals surface area contributed by atoms with Crippen molar-refractivity contribution in [1.29, 1.82) is 0 Å². The number of rotatable bonds is 3. The molecule has 7 heteroatoms. The molecule has 1 aromatic carbocycles. The highest BCUT2D eigenvalue weighted by Gasteiger charge is 2.14. The van der Waals surface area contributed by atoms with Gasteiger partial charge in [0.05, 0.1) is 31.1 Å². The van der Waals surface area contributed by atoms with Crippen LogP contribution in [0.5, 0.6) is 0 Å². The Morgan fingerprint density at radius 3 is 2.86 bits per heavy atom. The van der Waals surface area contributed by atoms with Gasteiger partial charge in [0.2, 0.25) is 0 Å². The lowest BCUT2D eigenvalue weighted by atomic mass is 10.1. The fourth-order valence-electron chi connectivity index (χ4n) is 2.26. The lowest BCUT2D eigenvalue weighted by Crippen LogP contribution is -2.36. The zero-order valence-electron chi connectivity index (χ0n) is 11.7. The maximum atomic E-state index is 12.0. The molecule has 0 unspecified atom stereocenters. The predicted octanol–water partition coefficient (Wildman–Crippen LogP) is 1.94. The van der Waals surface area contributed by atoms with E-state index in [0.717, 1.165) is 55.0 Å². The van der Waals surface area contributed by atoms with Crippen LogP contribution in [0.4, 0.5) is 11.4 Å². The van der Waals surface area contributed by atoms with Crippen LogP contribution in [0, 0.1) is 6.92 Å². The zero-order valence-corrected chi connectivity index (χ0v) is 12.5. The fraction of sp³-hybridized carbons (Fsp3) is 0.357. The van der Waals surface area contributed by atoms with Gasteiger partial charge >= 0.3 is 0 Å². The van der Waals surface area contributed by atoms with Crippen molar-refractivity contribution in [2.24, 2.45) is 0 Å². The van der Waals surface area contributed by atoms with Crippen molar-refractivity contribution in [2.75, 3.05) is 36.5 Å². The number of aromatic nitrogens is 2. The molecule has 1 aliphatic heterocycles. The van der Waals surface area contributed by atoms with Crippen molar-refractivity contribution in [3.8, 4) is 0 Å². The Morgan fingerprint density at radius 2 is 2.19 bits per heavy atom. The Morgan fingerprint density at radius 1 is 1.38 bits per heavy atom. The first kappa shape index (κ1) is 14.0. The molecule has 1 saturated heterocycles. The highest BCUT2D eigenvalue weighted by Crippen LogP contribution is 2.23. The largest absolute Gasteiger partial charge is 0.378 e. The second-order valence-corrected chi connectivity index (χ2v) is 5.40. The molecule has 0 radical (unpaired) electrons. The molecule has 2 heterocycles. The van der Waals surface area contributed by atoms with E-state index in [-0.39, 0.29) is 5.91 Å². The smallest absolute Gasteiger partial charge is 0.277 e. The molecule has 3 rings (SSSR count). The van der Waals surface area contributed by atoms with Gasteiger partial charge in [-0.25, -0.2) is 0 Å². The van der Waals surface area contributed by atoms with Gasteiger partial charge in [0.25, 0.3) is 5.91 Å². The molecule has 0 aliphatic carbocycles. The summed E-state index contributed by atoms with van der Waals surface area (Å²) >= 11 is 1.02. The molecular weight excluding hydrogens is 288 g/mol. The first-order valence-corrected chi connectivity index (χ1v) is 7.49. The second kappa shape index (κ2) is 6.19. The van der Waals surface area contributed by atoms with Crippen molar-refractivity contribution < 1.29 is 9.53 Å². The Balaban J connectivity index is 1.73. The minimum Gasteiger partial charge on any atom is -0.378 e. The van der Waals surface area contributed by atoms with Crippen LogP contribution >= 0.6 is 11.7 Å². The van der Waals surface area contributed by atoms with Crippen LogP contribution < -0.4 is 10.2 Å². The number of hydrogen-bond donors (Lipinski definition) is 1. The van der Waals surface area contributed by atoms with Crippen LogP contribution in [0.25, 0.3) is 0 Å². The van der Waals surface area contributed by atoms with Crippen LogP contribution in [0.15, 0.2) is 24.4 Å². The number of amides is 1. The first-order chi connectivity index (χ1) is 10.2. The summed E-state index contributed by atoms with van der Waals surface area (Å²) in [5, 5.41) is 2.86. The SMILES string of the molecule is Cc1cc(N2CCOCC2)ccc1NC(=O)c1cnsn1. The van der Waals surface area contributed by atoms with Crippen LogP contribution in [0.1, 0.15) is 16.1 Å². The van der Waals surface area contributed by atoms with Crippen LogP contribution in [-0.2, 0) is 4.74 Å². The highest BCUT2D eigenvalue weighted by atomic mass is 32.1. The molecule has 1 aromatic heterocycles. The molecule has 1 fully saturated rings. The number of hydrogen-bond acceptors (Lipinski definition) is 6. The number of nitrogens with zero attached hydrogens (tertiary/aromatic N) is 3. The Labute approximate surface area is 127 Å². The van der Waals surface area contributed by atoms with E-state index >= 15 is 0 Å². The van der Waals surface area contributed by atoms with Crippen LogP contribution in [0.3, 0.4) is 0 Å². The topological polar surface area (TPSA) is 67.3 Å². The normalized spacial score (nSPS) is 15.0. The van der Waals surface area contributed by atoms with Crippen molar-refractivity contribution in [3.05, 3.63) is 35.7 Å². The van der Waals surface area contributed by atoms with Crippen LogP contribution in [0.2, 0.25) is 0 Å². The first-order valence-electron chi connectivity index (χ1n) is 6.76. The monoisotopic (exact) mass is 304 g/mol. The van der Waals surface area contributed by atoms with Gasteiger partial charge in [0, 0.05) is 24.5 Å². The molecule has 1 amide bonds. The van der Waals surface area contributed by atoms with Gasteiger partial charge in [-0.2, -0.15) is 8.75 Å². The Hall–Kier alpha value is -1.99. The van der Waals surface area contributed by atoms with Crippen LogP contribution in [-0.4, -0.2) is 41.0 Å². The summed E-state index contributed by atoms with van der Waals surface area (Å²) in [6, 6.07) is 6.03. The number of anilines is 2. The van der Waals surface area contributed by atoms with Gasteiger partial charge < -0.3 is 15.0 Å². The van der Waals surface area contributed by atoms with Gasteiger partial charge in [0.15, 0.2) is 5.69 Å². The van der Waals surface area contributed by atoms with Gasteiger partial charge in [-0.3, -0.25) is 4.79 Å². The third kappa shape index (κ3) is 3.20. The van der Waals surface area contributed by atoms with Crippen molar-refractivity contribution in [1.82, 2.24) is 8.75 Å². The minimum atomic E-state index is -0.231.